The number of hydrogen-bond donors (Lipinski definition) is 1. The number of hydrogen-bond acceptors (Lipinski definition) is 3. The first-order valence-electron chi connectivity index (χ1n) is 7.71. The lowest BCUT2D eigenvalue weighted by molar-refractivity contribution is -0.142. The summed E-state index contributed by atoms with van der Waals surface area (Å²) in [5.41, 5.74) is -0.311. The average Bonchev–Trinajstić information content (AvgIpc) is 2.94. The molecule has 4 heteroatoms. The van der Waals surface area contributed by atoms with E-state index in [0.717, 1.165) is 32.2 Å². The standard InChI is InChI=1S/C15H24N2O2/c1-11-5-4-8-16-12(11)10-17-13(18)9-15(14(17)19)6-2-3-7-15/h11-12,16H,2-10H2,1H3. The maximum Gasteiger partial charge on any atom is 0.235 e. The Hall–Kier alpha value is -0.900. The van der Waals surface area contributed by atoms with Crippen molar-refractivity contribution in [1.29, 1.82) is 0 Å². The zero-order valence-corrected chi connectivity index (χ0v) is 11.8. The SMILES string of the molecule is CC1CCCNC1CN1C(=O)CC2(CCCC2)C1=O. The summed E-state index contributed by atoms with van der Waals surface area (Å²) in [6.45, 7) is 3.81. The number of piperidine rings is 1. The van der Waals surface area contributed by atoms with E-state index in [9.17, 15) is 9.59 Å². The molecular weight excluding hydrogens is 240 g/mol. The highest BCUT2D eigenvalue weighted by atomic mass is 16.2. The number of imide groups is 1. The van der Waals surface area contributed by atoms with Gasteiger partial charge in [-0.3, -0.25) is 14.5 Å². The first-order valence-corrected chi connectivity index (χ1v) is 7.71. The van der Waals surface area contributed by atoms with E-state index in [4.69, 9.17) is 0 Å². The second-order valence-corrected chi connectivity index (χ2v) is 6.65. The molecule has 19 heavy (non-hydrogen) atoms. The minimum atomic E-state index is -0.311. The lowest BCUT2D eigenvalue weighted by Crippen LogP contribution is -2.50. The first-order chi connectivity index (χ1) is 9.12. The molecule has 1 N–H and O–H groups in total. The van der Waals surface area contributed by atoms with Crippen LogP contribution < -0.4 is 5.32 Å². The summed E-state index contributed by atoms with van der Waals surface area (Å²) < 4.78 is 0. The van der Waals surface area contributed by atoms with Crippen molar-refractivity contribution in [3.05, 3.63) is 0 Å². The van der Waals surface area contributed by atoms with Crippen molar-refractivity contribution in [3.63, 3.8) is 0 Å². The summed E-state index contributed by atoms with van der Waals surface area (Å²) in [5, 5.41) is 3.47. The lowest BCUT2D eigenvalue weighted by atomic mass is 9.84. The van der Waals surface area contributed by atoms with Crippen LogP contribution in [0.5, 0.6) is 0 Å². The van der Waals surface area contributed by atoms with Crippen LogP contribution in [0.3, 0.4) is 0 Å². The van der Waals surface area contributed by atoms with Crippen molar-refractivity contribution in [2.24, 2.45) is 11.3 Å². The number of carbonyl (C=O) groups is 2. The van der Waals surface area contributed by atoms with Crippen molar-refractivity contribution in [1.82, 2.24) is 10.2 Å². The van der Waals surface area contributed by atoms with E-state index in [2.05, 4.69) is 12.2 Å². The Morgan fingerprint density at radius 1 is 1.26 bits per heavy atom. The highest BCUT2D eigenvalue weighted by molar-refractivity contribution is 6.06. The van der Waals surface area contributed by atoms with Crippen molar-refractivity contribution < 1.29 is 9.59 Å². The van der Waals surface area contributed by atoms with Crippen LogP contribution in [-0.4, -0.2) is 35.8 Å². The molecule has 0 bridgehead atoms. The zero-order chi connectivity index (χ0) is 13.5. The van der Waals surface area contributed by atoms with Crippen molar-refractivity contribution in [3.8, 4) is 0 Å². The smallest absolute Gasteiger partial charge is 0.235 e. The van der Waals surface area contributed by atoms with Crippen molar-refractivity contribution in [2.75, 3.05) is 13.1 Å². The fraction of sp³-hybridized carbons (Fsp3) is 0.867. The Labute approximate surface area is 114 Å². The summed E-state index contributed by atoms with van der Waals surface area (Å²) in [4.78, 5) is 26.4. The molecule has 2 aliphatic heterocycles. The highest BCUT2D eigenvalue weighted by Crippen LogP contribution is 2.46. The summed E-state index contributed by atoms with van der Waals surface area (Å²) in [7, 11) is 0. The third-order valence-corrected chi connectivity index (χ3v) is 5.36. The van der Waals surface area contributed by atoms with Gasteiger partial charge in [-0.05, 0) is 38.1 Å². The summed E-state index contributed by atoms with van der Waals surface area (Å²) in [6.07, 6.45) is 6.90. The third kappa shape index (κ3) is 2.20. The van der Waals surface area contributed by atoms with E-state index in [0.29, 0.717) is 24.9 Å². The molecule has 1 aliphatic carbocycles. The Kier molecular flexibility index (Phi) is 3.37. The van der Waals surface area contributed by atoms with E-state index in [1.165, 1.54) is 12.8 Å². The van der Waals surface area contributed by atoms with Crippen LogP contribution >= 0.6 is 0 Å². The van der Waals surface area contributed by atoms with Gasteiger partial charge in [0.15, 0.2) is 0 Å². The second-order valence-electron chi connectivity index (χ2n) is 6.65. The minimum Gasteiger partial charge on any atom is -0.312 e. The Balaban J connectivity index is 1.70. The Bertz CT molecular complexity index is 388. The van der Waals surface area contributed by atoms with Gasteiger partial charge in [-0.1, -0.05) is 19.8 Å². The van der Waals surface area contributed by atoms with Crippen LogP contribution in [0.1, 0.15) is 51.9 Å². The number of rotatable bonds is 2. The second kappa shape index (κ2) is 4.89. The minimum absolute atomic E-state index is 0.0615. The summed E-state index contributed by atoms with van der Waals surface area (Å²) >= 11 is 0. The molecule has 3 aliphatic rings. The van der Waals surface area contributed by atoms with Crippen LogP contribution in [0, 0.1) is 11.3 Å². The first kappa shape index (κ1) is 13.1. The number of carbonyl (C=O) groups excluding carboxylic acids is 2. The van der Waals surface area contributed by atoms with Gasteiger partial charge in [-0.15, -0.1) is 0 Å². The average molecular weight is 264 g/mol. The van der Waals surface area contributed by atoms with Gasteiger partial charge >= 0.3 is 0 Å². The molecule has 1 spiro atoms. The van der Waals surface area contributed by atoms with E-state index in [-0.39, 0.29) is 17.2 Å². The molecule has 3 fully saturated rings. The molecule has 2 amide bonds. The third-order valence-electron chi connectivity index (χ3n) is 5.36. The summed E-state index contributed by atoms with van der Waals surface area (Å²) in [6, 6.07) is 0.290. The van der Waals surface area contributed by atoms with Gasteiger partial charge in [0.05, 0.1) is 5.41 Å². The Morgan fingerprint density at radius 3 is 2.68 bits per heavy atom. The number of nitrogens with one attached hydrogen (secondary N) is 1. The molecule has 2 atom stereocenters. The van der Waals surface area contributed by atoms with Gasteiger partial charge < -0.3 is 5.32 Å². The Morgan fingerprint density at radius 2 is 2.00 bits per heavy atom. The normalized spacial score (nSPS) is 34.5. The summed E-state index contributed by atoms with van der Waals surface area (Å²) in [5.74, 6) is 0.732. The maximum atomic E-state index is 12.6. The molecule has 0 aromatic rings. The van der Waals surface area contributed by atoms with Gasteiger partial charge in [-0.2, -0.15) is 0 Å². The molecule has 0 radical (unpaired) electrons. The maximum absolute atomic E-state index is 12.6. The van der Waals surface area contributed by atoms with E-state index in [1.54, 1.807) is 4.90 Å². The molecule has 2 heterocycles. The van der Waals surface area contributed by atoms with E-state index in [1.807, 2.05) is 0 Å². The van der Waals surface area contributed by atoms with Crippen molar-refractivity contribution in [2.45, 2.75) is 57.9 Å². The fourth-order valence-corrected chi connectivity index (χ4v) is 4.04. The number of nitrogens with zero attached hydrogens (tertiary/aromatic N) is 1. The van der Waals surface area contributed by atoms with Gasteiger partial charge in [0.2, 0.25) is 11.8 Å². The topological polar surface area (TPSA) is 49.4 Å². The van der Waals surface area contributed by atoms with Crippen molar-refractivity contribution >= 4 is 11.8 Å². The molecule has 0 aromatic heterocycles. The largest absolute Gasteiger partial charge is 0.312 e. The zero-order valence-electron chi connectivity index (χ0n) is 11.8. The quantitative estimate of drug-likeness (QED) is 0.772. The van der Waals surface area contributed by atoms with E-state index < -0.39 is 0 Å². The van der Waals surface area contributed by atoms with Crippen LogP contribution in [0.15, 0.2) is 0 Å². The van der Waals surface area contributed by atoms with Gasteiger partial charge in [0.1, 0.15) is 0 Å². The van der Waals surface area contributed by atoms with Crippen LogP contribution in [-0.2, 0) is 9.59 Å². The van der Waals surface area contributed by atoms with Gasteiger partial charge in [-0.25, -0.2) is 0 Å². The number of likely N-dealkylation sites (tertiary alicyclic amines) is 1. The predicted molar refractivity (Wildman–Crippen MR) is 72.4 cm³/mol. The van der Waals surface area contributed by atoms with E-state index >= 15 is 0 Å². The monoisotopic (exact) mass is 264 g/mol. The highest BCUT2D eigenvalue weighted by Gasteiger charge is 2.52. The van der Waals surface area contributed by atoms with Crippen LogP contribution in [0.4, 0.5) is 0 Å². The molecule has 3 rings (SSSR count). The van der Waals surface area contributed by atoms with Crippen LogP contribution in [0.2, 0.25) is 0 Å². The molecule has 4 nitrogen and oxygen atoms in total. The number of amides is 2. The molecule has 2 saturated heterocycles. The van der Waals surface area contributed by atoms with Gasteiger partial charge in [0.25, 0.3) is 0 Å². The molecule has 1 saturated carbocycles. The molecule has 2 unspecified atom stereocenters. The van der Waals surface area contributed by atoms with Crippen LogP contribution in [0.25, 0.3) is 0 Å². The lowest BCUT2D eigenvalue weighted by Gasteiger charge is -2.33. The fourth-order valence-electron chi connectivity index (χ4n) is 4.04. The predicted octanol–water partition coefficient (Wildman–Crippen LogP) is 1.69. The van der Waals surface area contributed by atoms with Gasteiger partial charge in [0, 0.05) is 19.0 Å². The molecular formula is C15H24N2O2. The molecule has 0 aromatic carbocycles. The molecule has 106 valence electrons.